The van der Waals surface area contributed by atoms with E-state index in [-0.39, 0.29) is 0 Å². The van der Waals surface area contributed by atoms with E-state index < -0.39 is 0 Å². The second-order valence-electron chi connectivity index (χ2n) is 6.01. The van der Waals surface area contributed by atoms with Crippen LogP contribution in [0.25, 0.3) is 0 Å². The molecule has 2 aliphatic heterocycles. The normalized spacial score (nSPS) is 16.8. The fraction of sp³-hybridized carbons (Fsp3) is 0.278. The number of halogens is 1. The molecule has 0 bridgehead atoms. The lowest BCUT2D eigenvalue weighted by molar-refractivity contribution is 0.358. The number of amidine groups is 1. The summed E-state index contributed by atoms with van der Waals surface area (Å²) in [5, 5.41) is 6.96. The predicted molar refractivity (Wildman–Crippen MR) is 99.2 cm³/mol. The summed E-state index contributed by atoms with van der Waals surface area (Å²) in [4.78, 5) is 7.41. The molecular weight excluding hydrogens is 352 g/mol. The van der Waals surface area contributed by atoms with Gasteiger partial charge in [-0.2, -0.15) is 0 Å². The summed E-state index contributed by atoms with van der Waals surface area (Å²) < 4.78 is 1.04. The van der Waals surface area contributed by atoms with Crippen molar-refractivity contribution in [3.8, 4) is 0 Å². The van der Waals surface area contributed by atoms with Gasteiger partial charge in [0, 0.05) is 41.9 Å². The number of aryl methyl sites for hydroxylation is 1. The molecule has 2 aromatic rings. The van der Waals surface area contributed by atoms with E-state index in [1.54, 1.807) is 0 Å². The van der Waals surface area contributed by atoms with Crippen LogP contribution in [0.1, 0.15) is 11.1 Å². The molecule has 0 atom stereocenters. The minimum Gasteiger partial charge on any atom is -0.353 e. The average Bonchev–Trinajstić information content (AvgIpc) is 2.72. The number of nitrogens with zero attached hydrogens (tertiary/aromatic N) is 2. The maximum atomic E-state index is 5.03. The average molecular weight is 371 g/mol. The van der Waals surface area contributed by atoms with E-state index in [1.807, 2.05) is 6.07 Å². The molecule has 0 aromatic heterocycles. The highest BCUT2D eigenvalue weighted by molar-refractivity contribution is 9.10. The first kappa shape index (κ1) is 14.7. The highest BCUT2D eigenvalue weighted by Crippen LogP contribution is 2.36. The molecule has 0 saturated carbocycles. The van der Waals surface area contributed by atoms with Crippen molar-refractivity contribution in [2.45, 2.75) is 6.92 Å². The van der Waals surface area contributed by atoms with Crippen LogP contribution in [0.3, 0.4) is 0 Å². The minimum atomic E-state index is 0.974. The zero-order valence-corrected chi connectivity index (χ0v) is 14.7. The highest BCUT2D eigenvalue weighted by Gasteiger charge is 2.22. The van der Waals surface area contributed by atoms with E-state index in [4.69, 9.17) is 4.99 Å². The molecule has 1 fully saturated rings. The Morgan fingerprint density at radius 1 is 1.04 bits per heavy atom. The molecule has 0 unspecified atom stereocenters. The van der Waals surface area contributed by atoms with Crippen LogP contribution in [0.2, 0.25) is 0 Å². The van der Waals surface area contributed by atoms with Gasteiger partial charge in [0.2, 0.25) is 0 Å². The Morgan fingerprint density at radius 3 is 2.65 bits per heavy atom. The van der Waals surface area contributed by atoms with Crippen LogP contribution in [-0.4, -0.2) is 36.9 Å². The molecule has 4 nitrogen and oxygen atoms in total. The maximum Gasteiger partial charge on any atom is 0.138 e. The molecule has 23 heavy (non-hydrogen) atoms. The van der Waals surface area contributed by atoms with Gasteiger partial charge in [-0.05, 0) is 37.3 Å². The van der Waals surface area contributed by atoms with Crippen molar-refractivity contribution in [2.75, 3.05) is 31.5 Å². The van der Waals surface area contributed by atoms with E-state index in [1.165, 1.54) is 11.1 Å². The van der Waals surface area contributed by atoms with Gasteiger partial charge >= 0.3 is 0 Å². The van der Waals surface area contributed by atoms with Gasteiger partial charge < -0.3 is 15.5 Å². The molecule has 1 saturated heterocycles. The first-order valence-electron chi connectivity index (χ1n) is 7.93. The van der Waals surface area contributed by atoms with Gasteiger partial charge in [-0.3, -0.25) is 0 Å². The molecule has 2 aromatic carbocycles. The summed E-state index contributed by atoms with van der Waals surface area (Å²) in [6.07, 6.45) is 0. The lowest BCUT2D eigenvalue weighted by Gasteiger charge is -2.30. The lowest BCUT2D eigenvalue weighted by atomic mass is 10.1. The van der Waals surface area contributed by atoms with Crippen molar-refractivity contribution in [1.82, 2.24) is 10.2 Å². The molecule has 5 heteroatoms. The Labute approximate surface area is 144 Å². The second kappa shape index (κ2) is 5.98. The van der Waals surface area contributed by atoms with Crippen LogP contribution in [0, 0.1) is 6.92 Å². The van der Waals surface area contributed by atoms with Crippen LogP contribution in [0.4, 0.5) is 17.1 Å². The van der Waals surface area contributed by atoms with E-state index in [9.17, 15) is 0 Å². The van der Waals surface area contributed by atoms with Crippen molar-refractivity contribution in [3.05, 3.63) is 52.0 Å². The molecule has 0 amide bonds. The first-order chi connectivity index (χ1) is 11.2. The van der Waals surface area contributed by atoms with Gasteiger partial charge in [-0.25, -0.2) is 4.99 Å². The highest BCUT2D eigenvalue weighted by atomic mass is 79.9. The molecule has 118 valence electrons. The van der Waals surface area contributed by atoms with Gasteiger partial charge in [0.1, 0.15) is 5.84 Å². The van der Waals surface area contributed by atoms with Crippen LogP contribution >= 0.6 is 15.9 Å². The second-order valence-corrected chi connectivity index (χ2v) is 6.92. The number of anilines is 2. The van der Waals surface area contributed by atoms with Crippen LogP contribution in [0.15, 0.2) is 45.9 Å². The maximum absolute atomic E-state index is 5.03. The Morgan fingerprint density at radius 2 is 1.83 bits per heavy atom. The quantitative estimate of drug-likeness (QED) is 0.740. The van der Waals surface area contributed by atoms with Crippen molar-refractivity contribution in [3.63, 3.8) is 0 Å². The molecular formula is C18H19BrN4. The zero-order valence-electron chi connectivity index (χ0n) is 13.1. The summed E-state index contributed by atoms with van der Waals surface area (Å²) in [5.41, 5.74) is 5.57. The van der Waals surface area contributed by atoms with Gasteiger partial charge in [0.05, 0.1) is 11.4 Å². The third-order valence-corrected chi connectivity index (χ3v) is 4.78. The van der Waals surface area contributed by atoms with E-state index >= 15 is 0 Å². The topological polar surface area (TPSA) is 39.7 Å². The number of rotatable bonds is 0. The SMILES string of the molecule is Cc1ccc2c(c1)C(N1CCNCC1)=Nc1cc(Br)ccc1N2. The number of benzene rings is 2. The Kier molecular flexibility index (Phi) is 3.83. The standard InChI is InChI=1S/C18H19BrN4/c1-12-2-4-15-14(10-12)18(23-8-6-20-7-9-23)22-17-11-13(19)3-5-16(17)21-15/h2-5,10-11,20-21H,6-9H2,1H3. The number of hydrogen-bond donors (Lipinski definition) is 2. The van der Waals surface area contributed by atoms with Crippen molar-refractivity contribution < 1.29 is 0 Å². The Balaban J connectivity index is 1.89. The smallest absolute Gasteiger partial charge is 0.138 e. The Bertz CT molecular complexity index is 779. The lowest BCUT2D eigenvalue weighted by Crippen LogP contribution is -2.46. The molecule has 0 spiro atoms. The van der Waals surface area contributed by atoms with Crippen molar-refractivity contribution in [2.24, 2.45) is 4.99 Å². The number of aliphatic imine (C=N–C) groups is 1. The number of nitrogens with one attached hydrogen (secondary N) is 2. The Hall–Kier alpha value is -1.85. The van der Waals surface area contributed by atoms with Crippen LogP contribution in [0.5, 0.6) is 0 Å². The third kappa shape index (κ3) is 2.86. The monoisotopic (exact) mass is 370 g/mol. The van der Waals surface area contributed by atoms with Gasteiger partial charge in [0.15, 0.2) is 0 Å². The molecule has 0 aliphatic carbocycles. The summed E-state index contributed by atoms with van der Waals surface area (Å²) in [7, 11) is 0. The van der Waals surface area contributed by atoms with Gasteiger partial charge in [0.25, 0.3) is 0 Å². The van der Waals surface area contributed by atoms with Crippen molar-refractivity contribution in [1.29, 1.82) is 0 Å². The van der Waals surface area contributed by atoms with Gasteiger partial charge in [-0.15, -0.1) is 0 Å². The third-order valence-electron chi connectivity index (χ3n) is 4.29. The zero-order chi connectivity index (χ0) is 15.8. The number of piperazine rings is 1. The van der Waals surface area contributed by atoms with Gasteiger partial charge in [-0.1, -0.05) is 27.6 Å². The molecule has 4 rings (SSSR count). The van der Waals surface area contributed by atoms with Crippen molar-refractivity contribution >= 4 is 38.8 Å². The number of hydrogen-bond acceptors (Lipinski definition) is 4. The van der Waals surface area contributed by atoms with E-state index in [2.05, 4.69) is 68.7 Å². The summed E-state index contributed by atoms with van der Waals surface area (Å²) >= 11 is 3.56. The molecule has 2 heterocycles. The number of fused-ring (bicyclic) bond motifs is 2. The fourth-order valence-electron chi connectivity index (χ4n) is 3.09. The van der Waals surface area contributed by atoms with Crippen LogP contribution in [-0.2, 0) is 0 Å². The minimum absolute atomic E-state index is 0.974. The fourth-order valence-corrected chi connectivity index (χ4v) is 3.44. The summed E-state index contributed by atoms with van der Waals surface area (Å²) in [5.74, 6) is 1.06. The van der Waals surface area contributed by atoms with Crippen LogP contribution < -0.4 is 10.6 Å². The summed E-state index contributed by atoms with van der Waals surface area (Å²) in [6.45, 7) is 6.09. The predicted octanol–water partition coefficient (Wildman–Crippen LogP) is 3.80. The van der Waals surface area contributed by atoms with E-state index in [0.29, 0.717) is 0 Å². The molecule has 0 radical (unpaired) electrons. The molecule has 2 N–H and O–H groups in total. The first-order valence-corrected chi connectivity index (χ1v) is 8.72. The summed E-state index contributed by atoms with van der Waals surface area (Å²) in [6, 6.07) is 12.7. The largest absolute Gasteiger partial charge is 0.353 e. The van der Waals surface area contributed by atoms with E-state index in [0.717, 1.165) is 53.5 Å². The molecule has 2 aliphatic rings.